The number of carbonyl (C=O) groups is 2. The number of aromatic hydroxyl groups is 1. The Morgan fingerprint density at radius 3 is 2.53 bits per heavy atom. The fraction of sp³-hybridized carbons (Fsp3) is 0.346. The van der Waals surface area contributed by atoms with E-state index in [1.54, 1.807) is 19.1 Å². The lowest BCUT2D eigenvalue weighted by Crippen LogP contribution is -2.41. The van der Waals surface area contributed by atoms with Crippen LogP contribution in [0.25, 0.3) is 10.4 Å². The Balaban J connectivity index is 1.34. The van der Waals surface area contributed by atoms with E-state index in [1.807, 2.05) is 37.4 Å². The highest BCUT2D eigenvalue weighted by molar-refractivity contribution is 7.16. The van der Waals surface area contributed by atoms with Gasteiger partial charge in [0.1, 0.15) is 5.75 Å². The highest BCUT2D eigenvalue weighted by atomic mass is 32.1. The molecule has 1 aromatic carbocycles. The number of morpholine rings is 1. The summed E-state index contributed by atoms with van der Waals surface area (Å²) in [7, 11) is 0. The molecule has 3 N–H and O–H groups in total. The molecule has 0 saturated carbocycles. The number of hydrazone groups is 1. The van der Waals surface area contributed by atoms with Crippen molar-refractivity contribution in [3.05, 3.63) is 62.2 Å². The number of hydrogen-bond acceptors (Lipinski definition) is 8. The Bertz CT molecular complexity index is 1270. The molecule has 8 nitrogen and oxygen atoms in total. The first-order valence-electron chi connectivity index (χ1n) is 11.7. The van der Waals surface area contributed by atoms with Gasteiger partial charge in [0.15, 0.2) is 0 Å². The number of hydrogen-bond donors (Lipinski definition) is 3. The zero-order valence-corrected chi connectivity index (χ0v) is 22.2. The van der Waals surface area contributed by atoms with Crippen LogP contribution in [-0.4, -0.2) is 66.9 Å². The van der Waals surface area contributed by atoms with Gasteiger partial charge in [-0.3, -0.25) is 14.5 Å². The van der Waals surface area contributed by atoms with Crippen LogP contribution >= 0.6 is 22.7 Å². The summed E-state index contributed by atoms with van der Waals surface area (Å²) in [5.41, 5.74) is 6.88. The first kappa shape index (κ1) is 26.0. The van der Waals surface area contributed by atoms with Crippen LogP contribution < -0.4 is 10.7 Å². The first-order chi connectivity index (χ1) is 17.3. The molecule has 0 radical (unpaired) electrons. The lowest BCUT2D eigenvalue weighted by atomic mass is 10.0. The summed E-state index contributed by atoms with van der Waals surface area (Å²) < 4.78 is 5.33. The summed E-state index contributed by atoms with van der Waals surface area (Å²) >= 11 is 2.54. The van der Waals surface area contributed by atoms with Crippen LogP contribution in [0.1, 0.15) is 43.0 Å². The third-order valence-electron chi connectivity index (χ3n) is 6.12. The molecule has 190 valence electrons. The van der Waals surface area contributed by atoms with Gasteiger partial charge in [-0.2, -0.15) is 5.10 Å². The Morgan fingerprint density at radius 1 is 1.08 bits per heavy atom. The molecular formula is C26H30N4O4S2. The third-order valence-corrected chi connectivity index (χ3v) is 8.22. The summed E-state index contributed by atoms with van der Waals surface area (Å²) in [6, 6.07) is 9.32. The van der Waals surface area contributed by atoms with Crippen LogP contribution in [0, 0.1) is 13.8 Å². The maximum absolute atomic E-state index is 12.6. The Morgan fingerprint density at radius 2 is 1.81 bits per heavy atom. The number of rotatable bonds is 8. The van der Waals surface area contributed by atoms with Crippen molar-refractivity contribution in [2.24, 2.45) is 5.10 Å². The van der Waals surface area contributed by atoms with Crippen LogP contribution in [0.5, 0.6) is 5.75 Å². The van der Waals surface area contributed by atoms with Crippen molar-refractivity contribution in [3.8, 4) is 16.2 Å². The Kier molecular flexibility index (Phi) is 8.52. The number of thiophene rings is 2. The molecule has 10 heteroatoms. The summed E-state index contributed by atoms with van der Waals surface area (Å²) in [5, 5.41) is 19.7. The zero-order chi connectivity index (χ0) is 25.7. The van der Waals surface area contributed by atoms with Crippen molar-refractivity contribution in [1.82, 2.24) is 15.6 Å². The molecule has 0 atom stereocenters. The van der Waals surface area contributed by atoms with Gasteiger partial charge < -0.3 is 15.2 Å². The SMILES string of the molecule is CC(=NNC(=O)c1ccc(C(=O)NCCN2CCOCC2)s1)c1csc(-c2ccc(C)c(C)c2)c1O. The molecule has 1 aliphatic heterocycles. The van der Waals surface area contributed by atoms with Crippen molar-refractivity contribution in [1.29, 1.82) is 0 Å². The van der Waals surface area contributed by atoms with Gasteiger partial charge in [0, 0.05) is 31.6 Å². The monoisotopic (exact) mass is 526 g/mol. The molecule has 1 aliphatic rings. The van der Waals surface area contributed by atoms with Crippen LogP contribution in [0.4, 0.5) is 0 Å². The van der Waals surface area contributed by atoms with Gasteiger partial charge in [-0.15, -0.1) is 22.7 Å². The maximum Gasteiger partial charge on any atom is 0.281 e. The number of ether oxygens (including phenoxy) is 1. The molecule has 0 spiro atoms. The second kappa shape index (κ2) is 11.8. The molecule has 0 bridgehead atoms. The fourth-order valence-corrected chi connectivity index (χ4v) is 5.58. The number of carbonyl (C=O) groups excluding carboxylic acids is 2. The zero-order valence-electron chi connectivity index (χ0n) is 20.6. The van der Waals surface area contributed by atoms with Gasteiger partial charge in [0.25, 0.3) is 11.8 Å². The quantitative estimate of drug-likeness (QED) is 0.304. The Labute approximate surface area is 218 Å². The van der Waals surface area contributed by atoms with Gasteiger partial charge in [0.2, 0.25) is 0 Å². The molecule has 0 unspecified atom stereocenters. The minimum atomic E-state index is -0.407. The normalized spacial score (nSPS) is 14.6. The minimum Gasteiger partial charge on any atom is -0.506 e. The topological polar surface area (TPSA) is 103 Å². The van der Waals surface area contributed by atoms with Crippen molar-refractivity contribution < 1.29 is 19.4 Å². The van der Waals surface area contributed by atoms with E-state index in [9.17, 15) is 14.7 Å². The van der Waals surface area contributed by atoms with E-state index in [-0.39, 0.29) is 11.7 Å². The molecule has 2 amide bonds. The van der Waals surface area contributed by atoms with E-state index in [0.29, 0.717) is 27.6 Å². The molecule has 1 saturated heterocycles. The Hall–Kier alpha value is -3.05. The van der Waals surface area contributed by atoms with Crippen LogP contribution in [0.15, 0.2) is 40.8 Å². The molecule has 2 aromatic heterocycles. The maximum atomic E-state index is 12.6. The van der Waals surface area contributed by atoms with Crippen LogP contribution in [0.2, 0.25) is 0 Å². The molecule has 3 heterocycles. The van der Waals surface area contributed by atoms with E-state index in [0.717, 1.165) is 60.2 Å². The van der Waals surface area contributed by atoms with Gasteiger partial charge in [0.05, 0.1) is 39.1 Å². The predicted molar refractivity (Wildman–Crippen MR) is 144 cm³/mol. The van der Waals surface area contributed by atoms with Gasteiger partial charge in [-0.1, -0.05) is 18.2 Å². The molecule has 0 aliphatic carbocycles. The fourth-order valence-electron chi connectivity index (χ4n) is 3.77. The highest BCUT2D eigenvalue weighted by Crippen LogP contribution is 2.39. The number of benzene rings is 1. The minimum absolute atomic E-state index is 0.144. The van der Waals surface area contributed by atoms with Crippen molar-refractivity contribution in [3.63, 3.8) is 0 Å². The molecule has 4 rings (SSSR count). The third kappa shape index (κ3) is 6.19. The highest BCUT2D eigenvalue weighted by Gasteiger charge is 2.17. The molecule has 36 heavy (non-hydrogen) atoms. The van der Waals surface area contributed by atoms with E-state index in [4.69, 9.17) is 4.74 Å². The van der Waals surface area contributed by atoms with Crippen LogP contribution in [0.3, 0.4) is 0 Å². The number of aryl methyl sites for hydroxylation is 2. The van der Waals surface area contributed by atoms with Crippen molar-refractivity contribution >= 4 is 40.2 Å². The number of amides is 2. The molecule has 1 fully saturated rings. The summed E-state index contributed by atoms with van der Waals surface area (Å²) in [4.78, 5) is 28.9. The van der Waals surface area contributed by atoms with Crippen LogP contribution in [-0.2, 0) is 4.74 Å². The van der Waals surface area contributed by atoms with E-state index >= 15 is 0 Å². The van der Waals surface area contributed by atoms with E-state index in [2.05, 4.69) is 20.7 Å². The lowest BCUT2D eigenvalue weighted by molar-refractivity contribution is 0.0383. The molecule has 3 aromatic rings. The second-order valence-corrected chi connectivity index (χ2v) is 10.6. The smallest absolute Gasteiger partial charge is 0.281 e. The van der Waals surface area contributed by atoms with Gasteiger partial charge >= 0.3 is 0 Å². The van der Waals surface area contributed by atoms with Crippen molar-refractivity contribution in [2.75, 3.05) is 39.4 Å². The lowest BCUT2D eigenvalue weighted by Gasteiger charge is -2.26. The van der Waals surface area contributed by atoms with Gasteiger partial charge in [-0.05, 0) is 49.6 Å². The summed E-state index contributed by atoms with van der Waals surface area (Å²) in [6.07, 6.45) is 0. The second-order valence-electron chi connectivity index (χ2n) is 8.64. The van der Waals surface area contributed by atoms with E-state index < -0.39 is 5.91 Å². The average Bonchev–Trinajstić information content (AvgIpc) is 3.52. The van der Waals surface area contributed by atoms with E-state index in [1.165, 1.54) is 16.9 Å². The van der Waals surface area contributed by atoms with Gasteiger partial charge in [-0.25, -0.2) is 5.43 Å². The number of nitrogens with one attached hydrogen (secondary N) is 2. The largest absolute Gasteiger partial charge is 0.506 e. The predicted octanol–water partition coefficient (Wildman–Crippen LogP) is 4.02. The average molecular weight is 527 g/mol. The molecular weight excluding hydrogens is 496 g/mol. The summed E-state index contributed by atoms with van der Waals surface area (Å²) in [5.74, 6) is -0.462. The summed E-state index contributed by atoms with van der Waals surface area (Å²) in [6.45, 7) is 10.3. The van der Waals surface area contributed by atoms with Crippen molar-refractivity contribution in [2.45, 2.75) is 20.8 Å². The first-order valence-corrected chi connectivity index (χ1v) is 13.4. The standard InChI is InChI=1S/C26H30N4O4S2/c1-16-4-5-19(14-17(16)2)24-23(31)20(15-35-24)18(3)28-29-26(33)22-7-6-21(36-22)25(32)27-8-9-30-10-12-34-13-11-30/h4-7,14-15,31H,8-13H2,1-3H3,(H,27,32)(H,29,33). The number of nitrogens with zero attached hydrogens (tertiary/aromatic N) is 2.